The van der Waals surface area contributed by atoms with Gasteiger partial charge in [-0.3, -0.25) is 9.69 Å². The van der Waals surface area contributed by atoms with E-state index in [0.29, 0.717) is 13.0 Å². The molecule has 1 aromatic carbocycles. The summed E-state index contributed by atoms with van der Waals surface area (Å²) in [5.74, 6) is -0.0485. The second-order valence-corrected chi connectivity index (χ2v) is 5.43. The minimum Gasteiger partial charge on any atom is -0.353 e. The summed E-state index contributed by atoms with van der Waals surface area (Å²) < 4.78 is 0. The van der Waals surface area contributed by atoms with Crippen LogP contribution in [0.3, 0.4) is 0 Å². The fourth-order valence-corrected chi connectivity index (χ4v) is 2.70. The summed E-state index contributed by atoms with van der Waals surface area (Å²) in [6.07, 6.45) is 3.16. The molecular formula is C16H25N3O. The van der Waals surface area contributed by atoms with E-state index in [1.807, 2.05) is 13.0 Å². The Hall–Kier alpha value is -1.39. The number of hydrogen-bond acceptors (Lipinski definition) is 3. The molecule has 1 aromatic rings. The molecule has 2 atom stereocenters. The fraction of sp³-hybridized carbons (Fsp3) is 0.562. The first kappa shape index (κ1) is 15.0. The van der Waals surface area contributed by atoms with Crippen molar-refractivity contribution in [2.75, 3.05) is 19.6 Å². The van der Waals surface area contributed by atoms with Gasteiger partial charge in [-0.05, 0) is 37.9 Å². The number of carbonyl (C=O) groups excluding carboxylic acids is 1. The number of hydrogen-bond donors (Lipinski definition) is 2. The summed E-state index contributed by atoms with van der Waals surface area (Å²) in [5.41, 5.74) is 7.03. The molecule has 4 nitrogen and oxygen atoms in total. The first-order valence-corrected chi connectivity index (χ1v) is 7.54. The summed E-state index contributed by atoms with van der Waals surface area (Å²) in [6.45, 7) is 4.78. The summed E-state index contributed by atoms with van der Waals surface area (Å²) >= 11 is 0. The van der Waals surface area contributed by atoms with Gasteiger partial charge in [0.2, 0.25) is 5.91 Å². The Morgan fingerprint density at radius 1 is 1.30 bits per heavy atom. The number of amides is 1. The van der Waals surface area contributed by atoms with Gasteiger partial charge in [-0.15, -0.1) is 0 Å². The van der Waals surface area contributed by atoms with E-state index in [-0.39, 0.29) is 11.9 Å². The van der Waals surface area contributed by atoms with Crippen molar-refractivity contribution in [1.29, 1.82) is 0 Å². The molecule has 3 N–H and O–H groups in total. The van der Waals surface area contributed by atoms with Crippen molar-refractivity contribution in [3.63, 3.8) is 0 Å². The van der Waals surface area contributed by atoms with E-state index in [0.717, 1.165) is 13.1 Å². The maximum absolute atomic E-state index is 11.9. The topological polar surface area (TPSA) is 58.4 Å². The molecule has 1 aliphatic rings. The Morgan fingerprint density at radius 3 is 2.55 bits per heavy atom. The van der Waals surface area contributed by atoms with Crippen molar-refractivity contribution in [2.45, 2.75) is 38.3 Å². The SMILES string of the molecule is CC[C@@H](N)C(=O)NCC(c1ccccc1)N1CCCC1. The van der Waals surface area contributed by atoms with Crippen LogP contribution in [0.4, 0.5) is 0 Å². The lowest BCUT2D eigenvalue weighted by atomic mass is 10.1. The largest absolute Gasteiger partial charge is 0.353 e. The molecule has 110 valence electrons. The van der Waals surface area contributed by atoms with Crippen LogP contribution in [-0.4, -0.2) is 36.5 Å². The third kappa shape index (κ3) is 3.81. The molecule has 1 aliphatic heterocycles. The predicted molar refractivity (Wildman–Crippen MR) is 81.3 cm³/mol. The zero-order valence-electron chi connectivity index (χ0n) is 12.2. The number of nitrogens with one attached hydrogen (secondary N) is 1. The predicted octanol–water partition coefficient (Wildman–Crippen LogP) is 1.68. The van der Waals surface area contributed by atoms with E-state index in [4.69, 9.17) is 5.73 Å². The van der Waals surface area contributed by atoms with E-state index in [1.165, 1.54) is 18.4 Å². The molecule has 0 aromatic heterocycles. The van der Waals surface area contributed by atoms with Crippen LogP contribution in [0.25, 0.3) is 0 Å². The van der Waals surface area contributed by atoms with Crippen molar-refractivity contribution in [3.05, 3.63) is 35.9 Å². The third-order valence-corrected chi connectivity index (χ3v) is 4.01. The van der Waals surface area contributed by atoms with Gasteiger partial charge in [0.25, 0.3) is 0 Å². The molecule has 1 amide bonds. The number of likely N-dealkylation sites (tertiary alicyclic amines) is 1. The first-order valence-electron chi connectivity index (χ1n) is 7.54. The normalized spacial score (nSPS) is 18.7. The third-order valence-electron chi connectivity index (χ3n) is 4.01. The van der Waals surface area contributed by atoms with E-state index in [9.17, 15) is 4.79 Å². The summed E-state index contributed by atoms with van der Waals surface area (Å²) in [7, 11) is 0. The number of carbonyl (C=O) groups is 1. The quantitative estimate of drug-likeness (QED) is 0.830. The van der Waals surface area contributed by atoms with Gasteiger partial charge in [0.05, 0.1) is 12.1 Å². The Labute approximate surface area is 121 Å². The first-order chi connectivity index (χ1) is 9.72. The van der Waals surface area contributed by atoms with Crippen LogP contribution >= 0.6 is 0 Å². The minimum atomic E-state index is -0.398. The highest BCUT2D eigenvalue weighted by molar-refractivity contribution is 5.81. The lowest BCUT2D eigenvalue weighted by molar-refractivity contribution is -0.122. The van der Waals surface area contributed by atoms with Gasteiger partial charge in [-0.1, -0.05) is 37.3 Å². The number of rotatable bonds is 6. The van der Waals surface area contributed by atoms with Gasteiger partial charge in [0.15, 0.2) is 0 Å². The van der Waals surface area contributed by atoms with E-state index in [2.05, 4.69) is 34.5 Å². The van der Waals surface area contributed by atoms with Crippen molar-refractivity contribution >= 4 is 5.91 Å². The average Bonchev–Trinajstić information content (AvgIpc) is 3.01. The van der Waals surface area contributed by atoms with Crippen LogP contribution in [0.5, 0.6) is 0 Å². The van der Waals surface area contributed by atoms with Gasteiger partial charge in [0.1, 0.15) is 0 Å². The van der Waals surface area contributed by atoms with Crippen LogP contribution < -0.4 is 11.1 Å². The highest BCUT2D eigenvalue weighted by Gasteiger charge is 2.24. The summed E-state index contributed by atoms with van der Waals surface area (Å²) in [4.78, 5) is 14.3. The fourth-order valence-electron chi connectivity index (χ4n) is 2.70. The molecule has 0 spiro atoms. The highest BCUT2D eigenvalue weighted by atomic mass is 16.2. The molecule has 1 unspecified atom stereocenters. The molecule has 0 radical (unpaired) electrons. The van der Waals surface area contributed by atoms with Crippen LogP contribution in [0.15, 0.2) is 30.3 Å². The minimum absolute atomic E-state index is 0.0485. The molecule has 20 heavy (non-hydrogen) atoms. The van der Waals surface area contributed by atoms with Gasteiger partial charge in [0, 0.05) is 6.54 Å². The monoisotopic (exact) mass is 275 g/mol. The lowest BCUT2D eigenvalue weighted by Gasteiger charge is -2.28. The molecule has 4 heteroatoms. The molecule has 1 heterocycles. The number of nitrogens with two attached hydrogens (primary N) is 1. The van der Waals surface area contributed by atoms with Gasteiger partial charge >= 0.3 is 0 Å². The van der Waals surface area contributed by atoms with Crippen LogP contribution in [-0.2, 0) is 4.79 Å². The zero-order chi connectivity index (χ0) is 14.4. The van der Waals surface area contributed by atoms with Crippen molar-refractivity contribution in [3.8, 4) is 0 Å². The van der Waals surface area contributed by atoms with E-state index >= 15 is 0 Å². The molecule has 0 bridgehead atoms. The zero-order valence-corrected chi connectivity index (χ0v) is 12.2. The molecular weight excluding hydrogens is 250 g/mol. The highest BCUT2D eigenvalue weighted by Crippen LogP contribution is 2.24. The van der Waals surface area contributed by atoms with Crippen LogP contribution in [0.2, 0.25) is 0 Å². The maximum Gasteiger partial charge on any atom is 0.236 e. The smallest absolute Gasteiger partial charge is 0.236 e. The van der Waals surface area contributed by atoms with Crippen LogP contribution in [0, 0.1) is 0 Å². The lowest BCUT2D eigenvalue weighted by Crippen LogP contribution is -2.44. The second-order valence-electron chi connectivity index (χ2n) is 5.43. The average molecular weight is 275 g/mol. The van der Waals surface area contributed by atoms with Gasteiger partial charge in [-0.25, -0.2) is 0 Å². The van der Waals surface area contributed by atoms with Gasteiger partial charge in [-0.2, -0.15) is 0 Å². The number of nitrogens with zero attached hydrogens (tertiary/aromatic N) is 1. The van der Waals surface area contributed by atoms with Crippen LogP contribution in [0.1, 0.15) is 37.8 Å². The molecule has 0 aliphatic carbocycles. The molecule has 0 saturated carbocycles. The Balaban J connectivity index is 2.02. The van der Waals surface area contributed by atoms with E-state index in [1.54, 1.807) is 0 Å². The van der Waals surface area contributed by atoms with Crippen molar-refractivity contribution in [2.24, 2.45) is 5.73 Å². The van der Waals surface area contributed by atoms with Crippen molar-refractivity contribution < 1.29 is 4.79 Å². The second kappa shape index (κ2) is 7.41. The Morgan fingerprint density at radius 2 is 1.95 bits per heavy atom. The number of benzene rings is 1. The Kier molecular flexibility index (Phi) is 5.56. The standard InChI is InChI=1S/C16H25N3O/c1-2-14(17)16(20)18-12-15(19-10-6-7-11-19)13-8-4-3-5-9-13/h3-5,8-9,14-15H,2,6-7,10-12,17H2,1H3,(H,18,20)/t14-,15?/m1/s1. The summed E-state index contributed by atoms with van der Waals surface area (Å²) in [6, 6.07) is 10.3. The van der Waals surface area contributed by atoms with Gasteiger partial charge < -0.3 is 11.1 Å². The molecule has 1 saturated heterocycles. The Bertz CT molecular complexity index is 415. The molecule has 1 fully saturated rings. The maximum atomic E-state index is 11.9. The van der Waals surface area contributed by atoms with E-state index < -0.39 is 6.04 Å². The molecule has 2 rings (SSSR count). The summed E-state index contributed by atoms with van der Waals surface area (Å²) in [5, 5.41) is 3.00. The van der Waals surface area contributed by atoms with Crippen molar-refractivity contribution in [1.82, 2.24) is 10.2 Å².